The third-order valence-corrected chi connectivity index (χ3v) is 6.82. The van der Waals surface area contributed by atoms with Crippen LogP contribution < -0.4 is 10.6 Å². The summed E-state index contributed by atoms with van der Waals surface area (Å²) in [4.78, 5) is 5.72. The first kappa shape index (κ1) is 23.9. The fourth-order valence-corrected chi connectivity index (χ4v) is 5.01. The molecule has 0 radical (unpaired) electrons. The quantitative estimate of drug-likeness (QED) is 0.248. The molecule has 1 aliphatic heterocycles. The highest BCUT2D eigenvalue weighted by molar-refractivity contribution is 14.0. The number of hydrogen-bond donors (Lipinski definition) is 2. The number of ether oxygens (including phenoxy) is 1. The average molecular weight is 510 g/mol. The van der Waals surface area contributed by atoms with Gasteiger partial charge in [-0.25, -0.2) is 0 Å². The summed E-state index contributed by atoms with van der Waals surface area (Å²) in [6.45, 7) is 7.81. The molecule has 148 valence electrons. The molecular formula is C19H32IN3OS2. The Bertz CT molecular complexity index is 572. The van der Waals surface area contributed by atoms with Gasteiger partial charge < -0.3 is 15.4 Å². The van der Waals surface area contributed by atoms with Crippen molar-refractivity contribution in [1.29, 1.82) is 0 Å². The highest BCUT2D eigenvalue weighted by atomic mass is 127. The van der Waals surface area contributed by atoms with Crippen LogP contribution in [0.5, 0.6) is 0 Å². The SMILES string of the molecule is CCSC1(CNC(=NC)NCc2ccc(C)cc2SC)CCOCC1.I. The first-order valence-electron chi connectivity index (χ1n) is 8.92. The van der Waals surface area contributed by atoms with Crippen LogP contribution in [0.15, 0.2) is 28.1 Å². The van der Waals surface area contributed by atoms with E-state index in [1.54, 1.807) is 11.8 Å². The van der Waals surface area contributed by atoms with Crippen molar-refractivity contribution in [3.05, 3.63) is 29.3 Å². The molecule has 0 unspecified atom stereocenters. The van der Waals surface area contributed by atoms with E-state index in [2.05, 4.69) is 53.9 Å². The van der Waals surface area contributed by atoms with Crippen molar-refractivity contribution in [2.45, 2.75) is 42.9 Å². The number of aryl methyl sites for hydroxylation is 1. The summed E-state index contributed by atoms with van der Waals surface area (Å²) in [7, 11) is 1.84. The van der Waals surface area contributed by atoms with Gasteiger partial charge in [-0.15, -0.1) is 35.7 Å². The summed E-state index contributed by atoms with van der Waals surface area (Å²) in [6.07, 6.45) is 4.33. The minimum absolute atomic E-state index is 0. The number of guanidine groups is 1. The number of aliphatic imine (C=N–C) groups is 1. The molecule has 4 nitrogen and oxygen atoms in total. The maximum absolute atomic E-state index is 5.56. The van der Waals surface area contributed by atoms with Crippen LogP contribution in [0.4, 0.5) is 0 Å². The van der Waals surface area contributed by atoms with E-state index in [0.29, 0.717) is 0 Å². The van der Waals surface area contributed by atoms with E-state index in [1.165, 1.54) is 16.0 Å². The van der Waals surface area contributed by atoms with E-state index in [9.17, 15) is 0 Å². The van der Waals surface area contributed by atoms with Gasteiger partial charge in [-0.2, -0.15) is 11.8 Å². The molecule has 1 fully saturated rings. The highest BCUT2D eigenvalue weighted by Gasteiger charge is 2.32. The predicted molar refractivity (Wildman–Crippen MR) is 127 cm³/mol. The third-order valence-electron chi connectivity index (χ3n) is 4.55. The summed E-state index contributed by atoms with van der Waals surface area (Å²) in [5, 5.41) is 7.00. The Kier molecular flexibility index (Phi) is 11.4. The zero-order valence-corrected chi connectivity index (χ0v) is 20.2. The van der Waals surface area contributed by atoms with Gasteiger partial charge in [0.05, 0.1) is 0 Å². The molecule has 1 heterocycles. The lowest BCUT2D eigenvalue weighted by atomic mass is 9.99. The van der Waals surface area contributed by atoms with Crippen molar-refractivity contribution >= 4 is 53.5 Å². The number of halogens is 1. The average Bonchev–Trinajstić information content (AvgIpc) is 2.63. The summed E-state index contributed by atoms with van der Waals surface area (Å²) in [5.74, 6) is 2.00. The number of nitrogens with zero attached hydrogens (tertiary/aromatic N) is 1. The number of nitrogens with one attached hydrogen (secondary N) is 2. The van der Waals surface area contributed by atoms with Crippen molar-refractivity contribution in [3.8, 4) is 0 Å². The van der Waals surface area contributed by atoms with Crippen LogP contribution in [0.25, 0.3) is 0 Å². The summed E-state index contributed by atoms with van der Waals surface area (Å²) in [5.41, 5.74) is 2.61. The topological polar surface area (TPSA) is 45.7 Å². The van der Waals surface area contributed by atoms with Crippen LogP contribution in [0.1, 0.15) is 30.9 Å². The number of thioether (sulfide) groups is 2. The molecule has 2 N–H and O–H groups in total. The molecule has 0 saturated carbocycles. The molecule has 0 aliphatic carbocycles. The van der Waals surface area contributed by atoms with E-state index in [1.807, 2.05) is 18.8 Å². The predicted octanol–water partition coefficient (Wildman–Crippen LogP) is 4.30. The second-order valence-corrected chi connectivity index (χ2v) is 8.90. The molecule has 0 spiro atoms. The standard InChI is InChI=1S/C19H31N3OS2.HI/c1-5-25-19(8-10-23-11-9-19)14-22-18(20-3)21-13-16-7-6-15(2)12-17(16)24-4;/h6-7,12H,5,8-11,13-14H2,1-4H3,(H2,20,21,22);1H. The normalized spacial score (nSPS) is 16.7. The van der Waals surface area contributed by atoms with E-state index < -0.39 is 0 Å². The molecule has 0 atom stereocenters. The van der Waals surface area contributed by atoms with Gasteiger partial charge in [0.15, 0.2) is 5.96 Å². The zero-order valence-electron chi connectivity index (χ0n) is 16.3. The summed E-state index contributed by atoms with van der Waals surface area (Å²) in [6, 6.07) is 6.61. The van der Waals surface area contributed by atoms with Gasteiger partial charge in [0.25, 0.3) is 0 Å². The number of benzene rings is 1. The van der Waals surface area contributed by atoms with Crippen molar-refractivity contribution in [2.75, 3.05) is 38.8 Å². The molecule has 1 saturated heterocycles. The Morgan fingerprint density at radius 3 is 2.62 bits per heavy atom. The molecule has 0 amide bonds. The minimum atomic E-state index is 0. The second-order valence-electron chi connectivity index (χ2n) is 6.32. The molecule has 0 aromatic heterocycles. The maximum Gasteiger partial charge on any atom is 0.191 e. The molecule has 0 bridgehead atoms. The number of rotatable bonds is 7. The van der Waals surface area contributed by atoms with E-state index in [0.717, 1.165) is 50.9 Å². The summed E-state index contributed by atoms with van der Waals surface area (Å²) < 4.78 is 5.82. The van der Waals surface area contributed by atoms with Crippen LogP contribution in [0.3, 0.4) is 0 Å². The Balaban J connectivity index is 0.00000338. The molecule has 26 heavy (non-hydrogen) atoms. The molecule has 1 aliphatic rings. The minimum Gasteiger partial charge on any atom is -0.381 e. The van der Waals surface area contributed by atoms with Gasteiger partial charge in [0.2, 0.25) is 0 Å². The van der Waals surface area contributed by atoms with Gasteiger partial charge in [-0.1, -0.05) is 19.1 Å². The lowest BCUT2D eigenvalue weighted by Gasteiger charge is -2.37. The van der Waals surface area contributed by atoms with Crippen molar-refractivity contribution < 1.29 is 4.74 Å². The lowest BCUT2D eigenvalue weighted by molar-refractivity contribution is 0.0782. The number of hydrogen-bond acceptors (Lipinski definition) is 4. The van der Waals surface area contributed by atoms with Gasteiger partial charge in [0.1, 0.15) is 0 Å². The van der Waals surface area contributed by atoms with Crippen molar-refractivity contribution in [2.24, 2.45) is 4.99 Å². The van der Waals surface area contributed by atoms with E-state index >= 15 is 0 Å². The largest absolute Gasteiger partial charge is 0.381 e. The summed E-state index contributed by atoms with van der Waals surface area (Å²) >= 11 is 3.84. The molecule has 1 aromatic rings. The lowest BCUT2D eigenvalue weighted by Crippen LogP contribution is -2.48. The van der Waals surface area contributed by atoms with Crippen LogP contribution in [-0.2, 0) is 11.3 Å². The van der Waals surface area contributed by atoms with Gasteiger partial charge in [0, 0.05) is 43.0 Å². The van der Waals surface area contributed by atoms with Crippen molar-refractivity contribution in [1.82, 2.24) is 10.6 Å². The first-order chi connectivity index (χ1) is 12.1. The molecule has 7 heteroatoms. The fourth-order valence-electron chi connectivity index (χ4n) is 3.06. The molecule has 2 rings (SSSR count). The monoisotopic (exact) mass is 509 g/mol. The van der Waals surface area contributed by atoms with Crippen LogP contribution in [0.2, 0.25) is 0 Å². The van der Waals surface area contributed by atoms with Crippen molar-refractivity contribution in [3.63, 3.8) is 0 Å². The molecule has 1 aromatic carbocycles. The van der Waals surface area contributed by atoms with Gasteiger partial charge in [-0.3, -0.25) is 4.99 Å². The Hall–Kier alpha value is -0.120. The van der Waals surface area contributed by atoms with E-state index in [-0.39, 0.29) is 28.7 Å². The highest BCUT2D eigenvalue weighted by Crippen LogP contribution is 2.34. The Morgan fingerprint density at radius 1 is 1.27 bits per heavy atom. The fraction of sp³-hybridized carbons (Fsp3) is 0.632. The first-order valence-corrected chi connectivity index (χ1v) is 11.1. The second kappa shape index (κ2) is 12.4. The Morgan fingerprint density at radius 2 is 2.00 bits per heavy atom. The smallest absolute Gasteiger partial charge is 0.191 e. The zero-order chi connectivity index (χ0) is 18.1. The molecular weight excluding hydrogens is 477 g/mol. The third kappa shape index (κ3) is 7.13. The van der Waals surface area contributed by atoms with Gasteiger partial charge >= 0.3 is 0 Å². The van der Waals surface area contributed by atoms with Crippen LogP contribution in [0, 0.1) is 6.92 Å². The van der Waals surface area contributed by atoms with E-state index in [4.69, 9.17) is 4.74 Å². The Labute approximate surface area is 184 Å². The van der Waals surface area contributed by atoms with Crippen LogP contribution in [-0.4, -0.2) is 49.5 Å². The van der Waals surface area contributed by atoms with Crippen LogP contribution >= 0.6 is 47.5 Å². The van der Waals surface area contributed by atoms with Gasteiger partial charge in [-0.05, 0) is 49.0 Å². The maximum atomic E-state index is 5.56.